The van der Waals surface area contributed by atoms with Gasteiger partial charge in [0.2, 0.25) is 0 Å². The van der Waals surface area contributed by atoms with Gasteiger partial charge in [-0.3, -0.25) is 4.79 Å². The van der Waals surface area contributed by atoms with Crippen molar-refractivity contribution >= 4 is 17.5 Å². The highest BCUT2D eigenvalue weighted by Gasteiger charge is 2.26. The van der Waals surface area contributed by atoms with E-state index in [0.29, 0.717) is 12.4 Å². The number of rotatable bonds is 6. The zero-order valence-electron chi connectivity index (χ0n) is 10.1. The third kappa shape index (κ3) is 4.30. The fraction of sp³-hybridized carbons (Fsp3) is 0.917. The van der Waals surface area contributed by atoms with Crippen molar-refractivity contribution in [3.8, 4) is 0 Å². The zero-order valence-corrected chi connectivity index (χ0v) is 10.8. The molecule has 0 aromatic heterocycles. The number of amides is 1. The van der Waals surface area contributed by atoms with E-state index >= 15 is 0 Å². The molecule has 16 heavy (non-hydrogen) atoms. The van der Waals surface area contributed by atoms with E-state index in [9.17, 15) is 4.79 Å². The Bertz CT molecular complexity index is 205. The molecule has 1 amide bonds. The number of unbranched alkanes of at least 4 members (excludes halogenated alkanes) is 1. The maximum atomic E-state index is 12.1. The molecule has 3 nitrogen and oxygen atoms in total. The van der Waals surface area contributed by atoms with Crippen molar-refractivity contribution in [2.45, 2.75) is 45.1 Å². The molecular weight excluding hydrogens is 226 g/mol. The highest BCUT2D eigenvalue weighted by atomic mass is 35.5. The van der Waals surface area contributed by atoms with E-state index in [1.54, 1.807) is 0 Å². The normalized spacial score (nSPS) is 20.8. The Morgan fingerprint density at radius 1 is 1.44 bits per heavy atom. The number of hydrogen-bond acceptors (Lipinski definition) is 2. The molecule has 1 heterocycles. The summed E-state index contributed by atoms with van der Waals surface area (Å²) in [6.07, 6.45) is 4.96. The third-order valence-corrected chi connectivity index (χ3v) is 3.07. The number of nitrogens with zero attached hydrogens (tertiary/aromatic N) is 1. The van der Waals surface area contributed by atoms with Gasteiger partial charge >= 0.3 is 0 Å². The molecule has 1 aliphatic heterocycles. The number of halogens is 1. The lowest BCUT2D eigenvalue weighted by atomic mass is 10.1. The van der Waals surface area contributed by atoms with Crippen LogP contribution in [-0.4, -0.2) is 42.5 Å². The summed E-state index contributed by atoms with van der Waals surface area (Å²) in [6, 6.07) is 0. The van der Waals surface area contributed by atoms with E-state index in [-0.39, 0.29) is 12.0 Å². The van der Waals surface area contributed by atoms with Crippen molar-refractivity contribution in [2.75, 3.05) is 25.6 Å². The largest absolute Gasteiger partial charge is 0.368 e. The molecule has 0 radical (unpaired) electrons. The first kappa shape index (κ1) is 13.8. The van der Waals surface area contributed by atoms with E-state index < -0.39 is 0 Å². The molecule has 1 rings (SSSR count). The predicted molar refractivity (Wildman–Crippen MR) is 65.8 cm³/mol. The summed E-state index contributed by atoms with van der Waals surface area (Å²) >= 11 is 5.72. The van der Waals surface area contributed by atoms with Crippen LogP contribution in [0.5, 0.6) is 0 Å². The van der Waals surface area contributed by atoms with Gasteiger partial charge in [0.25, 0.3) is 5.91 Å². The fourth-order valence-electron chi connectivity index (χ4n) is 1.92. The van der Waals surface area contributed by atoms with E-state index in [0.717, 1.165) is 45.3 Å². The van der Waals surface area contributed by atoms with E-state index in [1.165, 1.54) is 0 Å². The molecule has 1 saturated heterocycles. The van der Waals surface area contributed by atoms with Gasteiger partial charge in [-0.1, -0.05) is 13.3 Å². The maximum Gasteiger partial charge on any atom is 0.251 e. The lowest BCUT2D eigenvalue weighted by Crippen LogP contribution is -2.43. The monoisotopic (exact) mass is 247 g/mol. The lowest BCUT2D eigenvalue weighted by Gasteiger charge is -2.29. The summed E-state index contributed by atoms with van der Waals surface area (Å²) in [4.78, 5) is 14.0. The summed E-state index contributed by atoms with van der Waals surface area (Å²) in [5.74, 6) is 0.635. The minimum atomic E-state index is -0.214. The Balaban J connectivity index is 2.44. The van der Waals surface area contributed by atoms with E-state index in [4.69, 9.17) is 16.3 Å². The number of ether oxygens (including phenoxy) is 1. The van der Waals surface area contributed by atoms with Crippen LogP contribution in [0.4, 0.5) is 0 Å². The highest BCUT2D eigenvalue weighted by Crippen LogP contribution is 2.15. The molecule has 0 aliphatic carbocycles. The zero-order chi connectivity index (χ0) is 11.8. The highest BCUT2D eigenvalue weighted by molar-refractivity contribution is 6.18. The van der Waals surface area contributed by atoms with Crippen LogP contribution in [0.25, 0.3) is 0 Å². The minimum Gasteiger partial charge on any atom is -0.368 e. The van der Waals surface area contributed by atoms with Gasteiger partial charge in [-0.15, -0.1) is 11.6 Å². The molecule has 1 aliphatic rings. The molecule has 0 spiro atoms. The first-order valence-corrected chi connectivity index (χ1v) is 6.79. The van der Waals surface area contributed by atoms with Gasteiger partial charge in [0.05, 0.1) is 0 Å². The van der Waals surface area contributed by atoms with Crippen molar-refractivity contribution in [3.63, 3.8) is 0 Å². The topological polar surface area (TPSA) is 29.5 Å². The standard InChI is InChI=1S/C12H22ClNO2/c1-2-3-8-14(9-7-13)12(15)11-6-4-5-10-16-11/h11H,2-10H2,1H3. The van der Waals surface area contributed by atoms with Crippen molar-refractivity contribution in [1.82, 2.24) is 4.90 Å². The molecule has 0 bridgehead atoms. The van der Waals surface area contributed by atoms with Crippen LogP contribution in [0.1, 0.15) is 39.0 Å². The molecule has 0 saturated carbocycles. The van der Waals surface area contributed by atoms with Gasteiger partial charge in [0.15, 0.2) is 0 Å². The van der Waals surface area contributed by atoms with Crippen LogP contribution < -0.4 is 0 Å². The number of carbonyl (C=O) groups is 1. The van der Waals surface area contributed by atoms with Gasteiger partial charge in [0.1, 0.15) is 6.10 Å². The number of alkyl halides is 1. The van der Waals surface area contributed by atoms with Crippen LogP contribution in [0.3, 0.4) is 0 Å². The first-order valence-electron chi connectivity index (χ1n) is 6.26. The van der Waals surface area contributed by atoms with Crippen molar-refractivity contribution in [3.05, 3.63) is 0 Å². The molecule has 1 unspecified atom stereocenters. The average Bonchev–Trinajstić information content (AvgIpc) is 2.35. The Morgan fingerprint density at radius 3 is 2.81 bits per heavy atom. The van der Waals surface area contributed by atoms with Crippen LogP contribution in [-0.2, 0) is 9.53 Å². The van der Waals surface area contributed by atoms with Gasteiger partial charge < -0.3 is 9.64 Å². The third-order valence-electron chi connectivity index (χ3n) is 2.90. The van der Waals surface area contributed by atoms with Crippen LogP contribution in [0.2, 0.25) is 0 Å². The summed E-state index contributed by atoms with van der Waals surface area (Å²) in [7, 11) is 0. The van der Waals surface area contributed by atoms with Gasteiger partial charge in [-0.2, -0.15) is 0 Å². The summed E-state index contributed by atoms with van der Waals surface area (Å²) in [6.45, 7) is 4.29. The maximum absolute atomic E-state index is 12.1. The second kappa shape index (κ2) is 7.91. The van der Waals surface area contributed by atoms with Crippen molar-refractivity contribution in [1.29, 1.82) is 0 Å². The summed E-state index contributed by atoms with van der Waals surface area (Å²) < 4.78 is 5.51. The molecule has 0 N–H and O–H groups in total. The average molecular weight is 248 g/mol. The SMILES string of the molecule is CCCCN(CCCl)C(=O)C1CCCCO1. The molecule has 1 atom stereocenters. The van der Waals surface area contributed by atoms with Gasteiger partial charge in [0, 0.05) is 25.6 Å². The van der Waals surface area contributed by atoms with Crippen molar-refractivity contribution < 1.29 is 9.53 Å². The fourth-order valence-corrected chi connectivity index (χ4v) is 2.13. The lowest BCUT2D eigenvalue weighted by molar-refractivity contribution is -0.146. The number of carbonyl (C=O) groups excluding carboxylic acids is 1. The summed E-state index contributed by atoms with van der Waals surface area (Å²) in [5, 5.41) is 0. The van der Waals surface area contributed by atoms with Crippen molar-refractivity contribution in [2.24, 2.45) is 0 Å². The molecular formula is C12H22ClNO2. The van der Waals surface area contributed by atoms with E-state index in [2.05, 4.69) is 6.92 Å². The Kier molecular flexibility index (Phi) is 6.81. The van der Waals surface area contributed by atoms with Gasteiger partial charge in [-0.25, -0.2) is 0 Å². The smallest absolute Gasteiger partial charge is 0.251 e. The molecule has 94 valence electrons. The van der Waals surface area contributed by atoms with Crippen LogP contribution in [0.15, 0.2) is 0 Å². The van der Waals surface area contributed by atoms with E-state index in [1.807, 2.05) is 4.90 Å². The quantitative estimate of drug-likeness (QED) is 0.675. The van der Waals surface area contributed by atoms with Crippen LogP contribution >= 0.6 is 11.6 Å². The predicted octanol–water partition coefficient (Wildman–Crippen LogP) is 2.42. The second-order valence-electron chi connectivity index (χ2n) is 4.22. The molecule has 0 aromatic carbocycles. The Morgan fingerprint density at radius 2 is 2.25 bits per heavy atom. The van der Waals surface area contributed by atoms with Gasteiger partial charge in [-0.05, 0) is 25.7 Å². The second-order valence-corrected chi connectivity index (χ2v) is 4.60. The molecule has 4 heteroatoms. The molecule has 1 fully saturated rings. The Hall–Kier alpha value is -0.280. The number of hydrogen-bond donors (Lipinski definition) is 0. The summed E-state index contributed by atoms with van der Waals surface area (Å²) in [5.41, 5.74) is 0. The Labute approximate surface area is 103 Å². The first-order chi connectivity index (χ1) is 7.79. The minimum absolute atomic E-state index is 0.133. The van der Waals surface area contributed by atoms with Crippen LogP contribution in [0, 0.1) is 0 Å². The molecule has 0 aromatic rings.